The quantitative estimate of drug-likeness (QED) is 0.539. The lowest BCUT2D eigenvalue weighted by Crippen LogP contribution is -2.07. The second-order valence-corrected chi connectivity index (χ2v) is 5.88. The van der Waals surface area contributed by atoms with Crippen LogP contribution in [0.25, 0.3) is 33.5 Å². The van der Waals surface area contributed by atoms with Crippen LogP contribution in [0.4, 0.5) is 14.6 Å². The van der Waals surface area contributed by atoms with Gasteiger partial charge in [-0.1, -0.05) is 0 Å². The van der Waals surface area contributed by atoms with Gasteiger partial charge in [-0.05, 0) is 36.4 Å². The van der Waals surface area contributed by atoms with Crippen LogP contribution in [0.2, 0.25) is 0 Å². The molecule has 2 N–H and O–H groups in total. The Balaban J connectivity index is 1.96. The van der Waals surface area contributed by atoms with Crippen LogP contribution < -0.4 is 5.32 Å². The Morgan fingerprint density at radius 3 is 2.70 bits per heavy atom. The topological polar surface area (TPSA) is 83.6 Å². The van der Waals surface area contributed by atoms with Gasteiger partial charge < -0.3 is 10.3 Å². The van der Waals surface area contributed by atoms with Gasteiger partial charge in [-0.2, -0.15) is 4.39 Å². The van der Waals surface area contributed by atoms with Crippen molar-refractivity contribution >= 4 is 22.8 Å². The number of pyridine rings is 3. The first kappa shape index (κ1) is 16.8. The summed E-state index contributed by atoms with van der Waals surface area (Å²) in [4.78, 5) is 26.7. The molecule has 0 spiro atoms. The second-order valence-electron chi connectivity index (χ2n) is 5.88. The average molecular weight is 365 g/mol. The number of fused-ring (bicyclic) bond motifs is 1. The van der Waals surface area contributed by atoms with E-state index in [1.54, 1.807) is 24.4 Å². The molecule has 0 aliphatic rings. The summed E-state index contributed by atoms with van der Waals surface area (Å²) >= 11 is 0. The van der Waals surface area contributed by atoms with Crippen molar-refractivity contribution in [2.45, 2.75) is 6.92 Å². The van der Waals surface area contributed by atoms with E-state index in [0.717, 1.165) is 6.20 Å². The molecular weight excluding hydrogens is 352 g/mol. The number of nitrogens with one attached hydrogen (secondary N) is 2. The molecule has 4 aromatic heterocycles. The zero-order chi connectivity index (χ0) is 19.0. The molecule has 0 saturated carbocycles. The summed E-state index contributed by atoms with van der Waals surface area (Å²) < 4.78 is 27.1. The van der Waals surface area contributed by atoms with Gasteiger partial charge in [0.1, 0.15) is 17.2 Å². The van der Waals surface area contributed by atoms with Gasteiger partial charge in [0.05, 0.1) is 28.7 Å². The molecule has 4 aromatic rings. The molecule has 0 aliphatic heterocycles. The summed E-state index contributed by atoms with van der Waals surface area (Å²) in [5, 5.41) is 2.62. The molecular formula is C19H13F2N5O. The van der Waals surface area contributed by atoms with Crippen molar-refractivity contribution < 1.29 is 13.6 Å². The molecule has 0 radical (unpaired) electrons. The highest BCUT2D eigenvalue weighted by molar-refractivity contribution is 6.01. The van der Waals surface area contributed by atoms with Crippen LogP contribution in [-0.4, -0.2) is 25.8 Å². The molecule has 0 bridgehead atoms. The van der Waals surface area contributed by atoms with Crippen molar-refractivity contribution in [2.75, 3.05) is 5.32 Å². The number of hydrogen-bond acceptors (Lipinski definition) is 4. The molecule has 0 unspecified atom stereocenters. The molecule has 0 fully saturated rings. The van der Waals surface area contributed by atoms with Crippen molar-refractivity contribution in [1.82, 2.24) is 19.9 Å². The molecule has 0 aromatic carbocycles. The fraction of sp³-hybridized carbons (Fsp3) is 0.0526. The van der Waals surface area contributed by atoms with Crippen LogP contribution >= 0.6 is 0 Å². The number of aromatic nitrogens is 4. The van der Waals surface area contributed by atoms with Crippen LogP contribution in [-0.2, 0) is 4.79 Å². The lowest BCUT2D eigenvalue weighted by Gasteiger charge is -2.07. The summed E-state index contributed by atoms with van der Waals surface area (Å²) in [7, 11) is 0. The maximum Gasteiger partial charge on any atom is 0.222 e. The Morgan fingerprint density at radius 2 is 1.96 bits per heavy atom. The minimum absolute atomic E-state index is 0.250. The summed E-state index contributed by atoms with van der Waals surface area (Å²) in [5.41, 5.74) is 3.25. The highest BCUT2D eigenvalue weighted by atomic mass is 19.1. The van der Waals surface area contributed by atoms with E-state index in [9.17, 15) is 13.6 Å². The molecule has 0 aliphatic carbocycles. The van der Waals surface area contributed by atoms with Crippen LogP contribution in [0.5, 0.6) is 0 Å². The number of aromatic amines is 1. The number of H-pyrrole nitrogens is 1. The van der Waals surface area contributed by atoms with E-state index in [2.05, 4.69) is 25.3 Å². The van der Waals surface area contributed by atoms with E-state index in [0.29, 0.717) is 39.4 Å². The van der Waals surface area contributed by atoms with Gasteiger partial charge in [-0.25, -0.2) is 14.4 Å². The average Bonchev–Trinajstić information content (AvgIpc) is 3.01. The SMILES string of the molecule is CC(=O)Nc1cc(-c2[nH]c3ccc(F)nc3c2-c2ccc(F)cn2)ccn1. The molecule has 4 rings (SSSR count). The van der Waals surface area contributed by atoms with Crippen LogP contribution in [0.15, 0.2) is 48.8 Å². The number of carbonyl (C=O) groups is 1. The third kappa shape index (κ3) is 3.24. The summed E-state index contributed by atoms with van der Waals surface area (Å²) in [6.45, 7) is 1.39. The van der Waals surface area contributed by atoms with Crippen molar-refractivity contribution in [3.05, 3.63) is 60.6 Å². The molecule has 6 nitrogen and oxygen atoms in total. The standard InChI is InChI=1S/C19H13F2N5O/c1-10(27)24-16-8-11(6-7-22-16)18-17(13-3-2-12(20)9-23-13)19-14(25-18)4-5-15(21)26-19/h2-9,25H,1H3,(H,22,24,27). The van der Waals surface area contributed by atoms with E-state index in [-0.39, 0.29) is 5.91 Å². The van der Waals surface area contributed by atoms with Gasteiger partial charge in [0.2, 0.25) is 11.9 Å². The minimum Gasteiger partial charge on any atom is -0.353 e. The van der Waals surface area contributed by atoms with Gasteiger partial charge >= 0.3 is 0 Å². The summed E-state index contributed by atoms with van der Waals surface area (Å²) in [6.07, 6.45) is 2.63. The Morgan fingerprint density at radius 1 is 1.11 bits per heavy atom. The Labute approximate surface area is 152 Å². The predicted octanol–water partition coefficient (Wildman–Crippen LogP) is 3.92. The number of anilines is 1. The monoisotopic (exact) mass is 365 g/mol. The fourth-order valence-corrected chi connectivity index (χ4v) is 2.87. The Bertz CT molecular complexity index is 1150. The smallest absolute Gasteiger partial charge is 0.222 e. The van der Waals surface area contributed by atoms with E-state index in [1.807, 2.05) is 0 Å². The van der Waals surface area contributed by atoms with Crippen molar-refractivity contribution in [1.29, 1.82) is 0 Å². The van der Waals surface area contributed by atoms with Gasteiger partial charge in [-0.15, -0.1) is 0 Å². The fourth-order valence-electron chi connectivity index (χ4n) is 2.87. The third-order valence-electron chi connectivity index (χ3n) is 3.94. The third-order valence-corrected chi connectivity index (χ3v) is 3.94. The number of halogens is 2. The van der Waals surface area contributed by atoms with Gasteiger partial charge in [0, 0.05) is 18.7 Å². The van der Waals surface area contributed by atoms with E-state index in [1.165, 1.54) is 25.1 Å². The first-order chi connectivity index (χ1) is 13.0. The Kier molecular flexibility index (Phi) is 4.08. The molecule has 1 amide bonds. The van der Waals surface area contributed by atoms with Crippen LogP contribution in [0.3, 0.4) is 0 Å². The highest BCUT2D eigenvalue weighted by Gasteiger charge is 2.18. The maximum absolute atomic E-state index is 13.8. The first-order valence-corrected chi connectivity index (χ1v) is 8.05. The number of hydrogen-bond donors (Lipinski definition) is 2. The van der Waals surface area contributed by atoms with E-state index >= 15 is 0 Å². The van der Waals surface area contributed by atoms with E-state index < -0.39 is 11.8 Å². The van der Waals surface area contributed by atoms with Gasteiger partial charge in [0.15, 0.2) is 0 Å². The molecule has 134 valence electrons. The van der Waals surface area contributed by atoms with Crippen molar-refractivity contribution in [3.8, 4) is 22.5 Å². The van der Waals surface area contributed by atoms with Gasteiger partial charge in [-0.3, -0.25) is 9.78 Å². The van der Waals surface area contributed by atoms with E-state index in [4.69, 9.17) is 0 Å². The largest absolute Gasteiger partial charge is 0.353 e. The number of rotatable bonds is 3. The minimum atomic E-state index is -0.634. The molecule has 0 atom stereocenters. The molecule has 4 heterocycles. The summed E-state index contributed by atoms with van der Waals surface area (Å²) in [5.74, 6) is -0.988. The lowest BCUT2D eigenvalue weighted by molar-refractivity contribution is -0.114. The van der Waals surface area contributed by atoms with Crippen molar-refractivity contribution in [2.24, 2.45) is 0 Å². The first-order valence-electron chi connectivity index (χ1n) is 8.05. The van der Waals surface area contributed by atoms with Crippen LogP contribution in [0.1, 0.15) is 6.92 Å². The zero-order valence-electron chi connectivity index (χ0n) is 14.1. The highest BCUT2D eigenvalue weighted by Crippen LogP contribution is 2.37. The lowest BCUT2D eigenvalue weighted by atomic mass is 10.0. The molecule has 27 heavy (non-hydrogen) atoms. The molecule has 8 heteroatoms. The maximum atomic E-state index is 13.8. The zero-order valence-corrected chi connectivity index (χ0v) is 14.1. The molecule has 0 saturated heterocycles. The normalized spacial score (nSPS) is 10.9. The number of amides is 1. The number of nitrogens with zero attached hydrogens (tertiary/aromatic N) is 3. The number of carbonyl (C=O) groups excluding carboxylic acids is 1. The van der Waals surface area contributed by atoms with Crippen LogP contribution in [0, 0.1) is 11.8 Å². The van der Waals surface area contributed by atoms with Gasteiger partial charge in [0.25, 0.3) is 0 Å². The summed E-state index contributed by atoms with van der Waals surface area (Å²) in [6, 6.07) is 9.02. The predicted molar refractivity (Wildman–Crippen MR) is 96.8 cm³/mol. The second kappa shape index (κ2) is 6.56. The van der Waals surface area contributed by atoms with Crippen molar-refractivity contribution in [3.63, 3.8) is 0 Å². The Hall–Kier alpha value is -3.68.